The molecule has 2 heterocycles. The average Bonchev–Trinajstić information content (AvgIpc) is 3.13. The van der Waals surface area contributed by atoms with Gasteiger partial charge in [0.15, 0.2) is 0 Å². The number of benzene rings is 1. The molecule has 0 aliphatic carbocycles. The van der Waals surface area contributed by atoms with Crippen LogP contribution >= 0.6 is 11.3 Å². The molecule has 0 fully saturated rings. The molecule has 0 unspecified atom stereocenters. The maximum Gasteiger partial charge on any atom is 0.234 e. The highest BCUT2D eigenvalue weighted by Crippen LogP contribution is 2.27. The van der Waals surface area contributed by atoms with E-state index in [4.69, 9.17) is 4.74 Å². The van der Waals surface area contributed by atoms with Gasteiger partial charge in [-0.3, -0.25) is 0 Å². The molecular weight excluding hydrogens is 302 g/mol. The summed E-state index contributed by atoms with van der Waals surface area (Å²) < 4.78 is 6.66. The minimum Gasteiger partial charge on any atom is -0.390 e. The van der Waals surface area contributed by atoms with Gasteiger partial charge in [-0.05, 0) is 13.0 Å². The zero-order valence-corrected chi connectivity index (χ0v) is 13.0. The van der Waals surface area contributed by atoms with Gasteiger partial charge in [-0.2, -0.15) is 4.68 Å². The van der Waals surface area contributed by atoms with E-state index in [0.717, 1.165) is 21.8 Å². The zero-order valence-electron chi connectivity index (χ0n) is 12.2. The van der Waals surface area contributed by atoms with E-state index in [9.17, 15) is 5.11 Å². The van der Waals surface area contributed by atoms with Crippen LogP contribution in [0.15, 0.2) is 24.3 Å². The highest BCUT2D eigenvalue weighted by Gasteiger charge is 2.18. The van der Waals surface area contributed by atoms with Crippen LogP contribution in [0, 0.1) is 6.92 Å². The molecule has 0 saturated carbocycles. The SMILES string of the molecule is COCc1nnc(-n2nnc(CO)c2-c2cccc(C)c2)s1. The molecule has 0 amide bonds. The minimum atomic E-state index is -0.187. The van der Waals surface area contributed by atoms with Crippen molar-refractivity contribution in [2.45, 2.75) is 20.1 Å². The van der Waals surface area contributed by atoms with Gasteiger partial charge in [0.2, 0.25) is 5.13 Å². The van der Waals surface area contributed by atoms with Crippen molar-refractivity contribution in [3.8, 4) is 16.4 Å². The number of aryl methyl sites for hydroxylation is 1. The number of aliphatic hydroxyl groups is 1. The quantitative estimate of drug-likeness (QED) is 0.771. The summed E-state index contributed by atoms with van der Waals surface area (Å²) in [6.07, 6.45) is 0. The van der Waals surface area contributed by atoms with Crippen molar-refractivity contribution < 1.29 is 9.84 Å². The predicted molar refractivity (Wildman–Crippen MR) is 81.6 cm³/mol. The minimum absolute atomic E-state index is 0.187. The van der Waals surface area contributed by atoms with Crippen LogP contribution in [0.1, 0.15) is 16.3 Å². The number of aromatic nitrogens is 5. The number of hydrogen-bond donors (Lipinski definition) is 1. The molecule has 0 aliphatic rings. The van der Waals surface area contributed by atoms with Gasteiger partial charge in [0, 0.05) is 12.7 Å². The molecule has 1 aromatic carbocycles. The molecule has 2 aromatic heterocycles. The van der Waals surface area contributed by atoms with E-state index in [0.29, 0.717) is 17.4 Å². The van der Waals surface area contributed by atoms with Crippen molar-refractivity contribution in [1.82, 2.24) is 25.2 Å². The topological polar surface area (TPSA) is 86.0 Å². The number of nitrogens with zero attached hydrogens (tertiary/aromatic N) is 5. The number of hydrogen-bond acceptors (Lipinski definition) is 7. The molecule has 8 heteroatoms. The maximum atomic E-state index is 9.53. The largest absolute Gasteiger partial charge is 0.390 e. The van der Waals surface area contributed by atoms with Crippen LogP contribution in [0.25, 0.3) is 16.4 Å². The number of methoxy groups -OCH3 is 1. The van der Waals surface area contributed by atoms with E-state index >= 15 is 0 Å². The van der Waals surface area contributed by atoms with E-state index in [2.05, 4.69) is 20.5 Å². The van der Waals surface area contributed by atoms with Gasteiger partial charge in [0.1, 0.15) is 23.0 Å². The summed E-state index contributed by atoms with van der Waals surface area (Å²) in [5.41, 5.74) is 3.28. The molecule has 0 saturated heterocycles. The second-order valence-corrected chi connectivity index (χ2v) is 5.78. The molecule has 114 valence electrons. The first-order valence-corrected chi connectivity index (χ1v) is 7.48. The van der Waals surface area contributed by atoms with Crippen LogP contribution in [-0.2, 0) is 18.0 Å². The van der Waals surface area contributed by atoms with E-state index in [1.54, 1.807) is 11.8 Å². The third-order valence-electron chi connectivity index (χ3n) is 3.09. The summed E-state index contributed by atoms with van der Waals surface area (Å²) in [4.78, 5) is 0. The Morgan fingerprint density at radius 3 is 2.86 bits per heavy atom. The molecule has 0 aliphatic heterocycles. The fraction of sp³-hybridized carbons (Fsp3) is 0.286. The predicted octanol–water partition coefficient (Wildman–Crippen LogP) is 1.73. The fourth-order valence-corrected chi connectivity index (χ4v) is 2.91. The molecule has 22 heavy (non-hydrogen) atoms. The standard InChI is InChI=1S/C14H15N5O2S/c1-9-4-3-5-10(6-9)13-11(7-20)15-18-19(13)14-17-16-12(22-14)8-21-2/h3-6,20H,7-8H2,1-2H3. The molecule has 0 spiro atoms. The second kappa shape index (κ2) is 6.30. The Bertz CT molecular complexity index is 783. The van der Waals surface area contributed by atoms with Gasteiger partial charge < -0.3 is 9.84 Å². The van der Waals surface area contributed by atoms with Crippen molar-refractivity contribution in [3.63, 3.8) is 0 Å². The van der Waals surface area contributed by atoms with Gasteiger partial charge in [0.25, 0.3) is 0 Å². The number of aliphatic hydroxyl groups excluding tert-OH is 1. The normalized spacial score (nSPS) is 11.0. The van der Waals surface area contributed by atoms with Gasteiger partial charge in [-0.1, -0.05) is 40.3 Å². The Kier molecular flexibility index (Phi) is 4.23. The van der Waals surface area contributed by atoms with Crippen molar-refractivity contribution in [3.05, 3.63) is 40.5 Å². The Balaban J connectivity index is 2.10. The van der Waals surface area contributed by atoms with Gasteiger partial charge >= 0.3 is 0 Å². The van der Waals surface area contributed by atoms with Gasteiger partial charge in [-0.25, -0.2) is 0 Å². The maximum absolute atomic E-state index is 9.53. The van der Waals surface area contributed by atoms with Crippen LogP contribution < -0.4 is 0 Å². The summed E-state index contributed by atoms with van der Waals surface area (Å²) in [5, 5.41) is 27.2. The Morgan fingerprint density at radius 2 is 2.14 bits per heavy atom. The lowest BCUT2D eigenvalue weighted by atomic mass is 10.1. The molecule has 0 radical (unpaired) electrons. The smallest absolute Gasteiger partial charge is 0.234 e. The first-order valence-electron chi connectivity index (χ1n) is 6.67. The van der Waals surface area contributed by atoms with Gasteiger partial charge in [-0.15, -0.1) is 15.3 Å². The molecule has 7 nitrogen and oxygen atoms in total. The van der Waals surface area contributed by atoms with Crippen molar-refractivity contribution in [1.29, 1.82) is 0 Å². The third-order valence-corrected chi connectivity index (χ3v) is 3.96. The lowest BCUT2D eigenvalue weighted by Gasteiger charge is -2.05. The zero-order chi connectivity index (χ0) is 15.5. The third kappa shape index (κ3) is 2.76. The Hall–Kier alpha value is -2.16. The van der Waals surface area contributed by atoms with E-state index in [1.165, 1.54) is 11.3 Å². The highest BCUT2D eigenvalue weighted by atomic mass is 32.1. The Morgan fingerprint density at radius 1 is 1.27 bits per heavy atom. The van der Waals surface area contributed by atoms with Crippen LogP contribution in [0.5, 0.6) is 0 Å². The summed E-state index contributed by atoms with van der Waals surface area (Å²) in [5.74, 6) is 0. The highest BCUT2D eigenvalue weighted by molar-refractivity contribution is 7.13. The van der Waals surface area contributed by atoms with Crippen molar-refractivity contribution in [2.24, 2.45) is 0 Å². The lowest BCUT2D eigenvalue weighted by molar-refractivity contribution is 0.184. The fourth-order valence-electron chi connectivity index (χ4n) is 2.15. The molecule has 0 atom stereocenters. The average molecular weight is 317 g/mol. The van der Waals surface area contributed by atoms with Gasteiger partial charge in [0.05, 0.1) is 6.61 Å². The van der Waals surface area contributed by atoms with Crippen LogP contribution in [-0.4, -0.2) is 37.4 Å². The second-order valence-electron chi connectivity index (χ2n) is 4.74. The van der Waals surface area contributed by atoms with Crippen molar-refractivity contribution in [2.75, 3.05) is 7.11 Å². The first kappa shape index (κ1) is 14.8. The number of rotatable bonds is 5. The first-order chi connectivity index (χ1) is 10.7. The number of ether oxygens (including phenoxy) is 1. The van der Waals surface area contributed by atoms with Crippen molar-refractivity contribution >= 4 is 11.3 Å². The van der Waals surface area contributed by atoms with E-state index < -0.39 is 0 Å². The molecule has 0 bridgehead atoms. The lowest BCUT2D eigenvalue weighted by Crippen LogP contribution is -2.00. The van der Waals surface area contributed by atoms with E-state index in [1.807, 2.05) is 31.2 Å². The summed E-state index contributed by atoms with van der Waals surface area (Å²) in [6.45, 7) is 2.23. The van der Waals surface area contributed by atoms with E-state index in [-0.39, 0.29) is 6.61 Å². The van der Waals surface area contributed by atoms with Crippen LogP contribution in [0.3, 0.4) is 0 Å². The Labute approximate surface area is 131 Å². The summed E-state index contributed by atoms with van der Waals surface area (Å²) in [7, 11) is 1.61. The summed E-state index contributed by atoms with van der Waals surface area (Å²) in [6, 6.07) is 7.95. The molecule has 1 N–H and O–H groups in total. The van der Waals surface area contributed by atoms with Crippen LogP contribution in [0.4, 0.5) is 0 Å². The molecule has 3 aromatic rings. The molecular formula is C14H15N5O2S. The molecule has 3 rings (SSSR count). The van der Waals surface area contributed by atoms with Crippen LogP contribution in [0.2, 0.25) is 0 Å². The summed E-state index contributed by atoms with van der Waals surface area (Å²) >= 11 is 1.38. The monoisotopic (exact) mass is 317 g/mol.